The average Bonchev–Trinajstić information content (AvgIpc) is 3.54. The monoisotopic (exact) mass is 447 g/mol. The van der Waals surface area contributed by atoms with Crippen LogP contribution >= 0.6 is 0 Å². The molecule has 5 rings (SSSR count). The second-order valence-electron chi connectivity index (χ2n) is 8.76. The Kier molecular flexibility index (Phi) is 5.32. The fraction of sp³-hybridized carbons (Fsp3) is 0.375. The van der Waals surface area contributed by atoms with Crippen LogP contribution in [-0.2, 0) is 6.42 Å². The third kappa shape index (κ3) is 3.83. The lowest BCUT2D eigenvalue weighted by molar-refractivity contribution is 0.0695. The van der Waals surface area contributed by atoms with Crippen LogP contribution in [0.2, 0.25) is 0 Å². The number of carbonyl (C=O) groups is 3. The second-order valence-corrected chi connectivity index (χ2v) is 8.76. The standard InChI is InChI=1S/C24H25N5O4/c1-13-15-8-9-18(17(15)7-6-16(13)24(32)33)28-23(31)20-12-19(27-21-10-11-25-29(20)21)22(30)26-14-4-2-3-5-14/h6-7,10-12,14,18H,2-5,8-9H2,1H3,(H,26,30)(H,28,31)(H,32,33)/t18-/m0/s1. The zero-order valence-electron chi connectivity index (χ0n) is 18.3. The van der Waals surface area contributed by atoms with Crippen LogP contribution in [0.15, 0.2) is 30.5 Å². The van der Waals surface area contributed by atoms with Gasteiger partial charge in [0.05, 0.1) is 17.8 Å². The minimum atomic E-state index is -0.955. The van der Waals surface area contributed by atoms with Crippen molar-refractivity contribution in [1.29, 1.82) is 0 Å². The first-order valence-corrected chi connectivity index (χ1v) is 11.2. The summed E-state index contributed by atoms with van der Waals surface area (Å²) in [5, 5.41) is 19.6. The predicted octanol–water partition coefficient (Wildman–Crippen LogP) is 2.83. The molecule has 0 unspecified atom stereocenters. The smallest absolute Gasteiger partial charge is 0.335 e. The molecule has 2 aromatic heterocycles. The maximum absolute atomic E-state index is 13.3. The summed E-state index contributed by atoms with van der Waals surface area (Å²) in [5.41, 5.74) is 3.76. The van der Waals surface area contributed by atoms with E-state index in [2.05, 4.69) is 20.7 Å². The Morgan fingerprint density at radius 2 is 1.85 bits per heavy atom. The van der Waals surface area contributed by atoms with E-state index < -0.39 is 5.97 Å². The summed E-state index contributed by atoms with van der Waals surface area (Å²) in [4.78, 5) is 41.9. The number of hydrogen-bond acceptors (Lipinski definition) is 5. The molecule has 0 saturated heterocycles. The number of aromatic carboxylic acids is 1. The summed E-state index contributed by atoms with van der Waals surface area (Å²) in [5.74, 6) is -1.61. The second kappa shape index (κ2) is 8.31. The first kappa shape index (κ1) is 21.1. The number of aromatic nitrogens is 3. The van der Waals surface area contributed by atoms with E-state index in [4.69, 9.17) is 0 Å². The van der Waals surface area contributed by atoms with E-state index >= 15 is 0 Å². The largest absolute Gasteiger partial charge is 0.478 e. The summed E-state index contributed by atoms with van der Waals surface area (Å²) >= 11 is 0. The molecule has 170 valence electrons. The normalized spacial score (nSPS) is 17.8. The molecule has 2 aliphatic carbocycles. The van der Waals surface area contributed by atoms with E-state index in [1.165, 1.54) is 10.6 Å². The Morgan fingerprint density at radius 3 is 2.61 bits per heavy atom. The first-order chi connectivity index (χ1) is 15.9. The highest BCUT2D eigenvalue weighted by molar-refractivity contribution is 5.98. The fourth-order valence-corrected chi connectivity index (χ4v) is 5.01. The van der Waals surface area contributed by atoms with Crippen molar-refractivity contribution >= 4 is 23.4 Å². The molecule has 3 aromatic rings. The van der Waals surface area contributed by atoms with Crippen LogP contribution in [0, 0.1) is 6.92 Å². The Labute approximate surface area is 190 Å². The molecule has 0 spiro atoms. The topological polar surface area (TPSA) is 126 Å². The van der Waals surface area contributed by atoms with Gasteiger partial charge in [0.15, 0.2) is 5.65 Å². The van der Waals surface area contributed by atoms with E-state index in [9.17, 15) is 19.5 Å². The fourth-order valence-electron chi connectivity index (χ4n) is 5.01. The molecule has 0 aliphatic heterocycles. The average molecular weight is 447 g/mol. The molecular weight excluding hydrogens is 422 g/mol. The molecule has 9 heteroatoms. The lowest BCUT2D eigenvalue weighted by Gasteiger charge is -2.16. The quantitative estimate of drug-likeness (QED) is 0.552. The van der Waals surface area contributed by atoms with E-state index in [0.29, 0.717) is 18.5 Å². The van der Waals surface area contributed by atoms with Gasteiger partial charge in [0, 0.05) is 18.2 Å². The van der Waals surface area contributed by atoms with Crippen LogP contribution in [0.5, 0.6) is 0 Å². The lowest BCUT2D eigenvalue weighted by atomic mass is 9.98. The lowest BCUT2D eigenvalue weighted by Crippen LogP contribution is -2.34. The van der Waals surface area contributed by atoms with Crippen LogP contribution in [-0.4, -0.2) is 43.5 Å². The number of carboxylic acids is 1. The van der Waals surface area contributed by atoms with Crippen LogP contribution in [0.25, 0.3) is 5.65 Å². The van der Waals surface area contributed by atoms with Crippen molar-refractivity contribution in [3.8, 4) is 0 Å². The number of carboxylic acid groups (broad SMARTS) is 1. The summed E-state index contributed by atoms with van der Waals surface area (Å²) in [7, 11) is 0. The van der Waals surface area contributed by atoms with Crippen molar-refractivity contribution in [1.82, 2.24) is 25.2 Å². The summed E-state index contributed by atoms with van der Waals surface area (Å²) in [6.07, 6.45) is 7.02. The molecule has 1 saturated carbocycles. The highest BCUT2D eigenvalue weighted by Gasteiger charge is 2.29. The van der Waals surface area contributed by atoms with Crippen LogP contribution < -0.4 is 10.6 Å². The molecule has 0 bridgehead atoms. The summed E-state index contributed by atoms with van der Waals surface area (Å²) in [6, 6.07) is 6.40. The predicted molar refractivity (Wildman–Crippen MR) is 119 cm³/mol. The van der Waals surface area contributed by atoms with Gasteiger partial charge in [-0.1, -0.05) is 18.9 Å². The molecule has 2 heterocycles. The third-order valence-electron chi connectivity index (χ3n) is 6.74. The molecule has 3 N–H and O–H groups in total. The number of carbonyl (C=O) groups excluding carboxylic acids is 2. The van der Waals surface area contributed by atoms with Gasteiger partial charge < -0.3 is 15.7 Å². The summed E-state index contributed by atoms with van der Waals surface area (Å²) in [6.45, 7) is 1.80. The van der Waals surface area contributed by atoms with Gasteiger partial charge in [-0.15, -0.1) is 0 Å². The van der Waals surface area contributed by atoms with Gasteiger partial charge >= 0.3 is 5.97 Å². The molecule has 1 aromatic carbocycles. The number of amides is 2. The Balaban J connectivity index is 1.41. The molecule has 2 amide bonds. The van der Waals surface area contributed by atoms with Gasteiger partial charge in [0.1, 0.15) is 11.4 Å². The number of nitrogens with one attached hydrogen (secondary N) is 2. The minimum Gasteiger partial charge on any atom is -0.478 e. The molecular formula is C24H25N5O4. The van der Waals surface area contributed by atoms with Gasteiger partial charge in [-0.2, -0.15) is 5.10 Å². The van der Waals surface area contributed by atoms with Gasteiger partial charge in [-0.25, -0.2) is 14.3 Å². The van der Waals surface area contributed by atoms with Crippen molar-refractivity contribution in [2.75, 3.05) is 0 Å². The maximum Gasteiger partial charge on any atom is 0.335 e. The van der Waals surface area contributed by atoms with Crippen molar-refractivity contribution in [2.45, 2.75) is 57.5 Å². The van der Waals surface area contributed by atoms with E-state index in [0.717, 1.165) is 42.4 Å². The number of rotatable bonds is 5. The molecule has 1 atom stereocenters. The maximum atomic E-state index is 13.3. The molecule has 1 fully saturated rings. The molecule has 0 radical (unpaired) electrons. The zero-order chi connectivity index (χ0) is 23.1. The highest BCUT2D eigenvalue weighted by atomic mass is 16.4. The minimum absolute atomic E-state index is 0.145. The van der Waals surface area contributed by atoms with Gasteiger partial charge in [0.2, 0.25) is 0 Å². The third-order valence-corrected chi connectivity index (χ3v) is 6.74. The number of fused-ring (bicyclic) bond motifs is 2. The van der Waals surface area contributed by atoms with E-state index in [1.807, 2.05) is 0 Å². The van der Waals surface area contributed by atoms with Crippen molar-refractivity contribution < 1.29 is 19.5 Å². The van der Waals surface area contributed by atoms with E-state index in [-0.39, 0.29) is 40.8 Å². The molecule has 33 heavy (non-hydrogen) atoms. The first-order valence-electron chi connectivity index (χ1n) is 11.2. The SMILES string of the molecule is Cc1c(C(=O)O)ccc2c1CC[C@@H]2NC(=O)c1cc(C(=O)NC2CCCC2)nc2ccnn12. The van der Waals surface area contributed by atoms with Gasteiger partial charge in [-0.05, 0) is 55.4 Å². The van der Waals surface area contributed by atoms with Crippen molar-refractivity contribution in [2.24, 2.45) is 0 Å². The molecule has 9 nitrogen and oxygen atoms in total. The zero-order valence-corrected chi connectivity index (χ0v) is 18.3. The van der Waals surface area contributed by atoms with Gasteiger partial charge in [0.25, 0.3) is 11.8 Å². The van der Waals surface area contributed by atoms with E-state index in [1.54, 1.807) is 31.3 Å². The number of nitrogens with zero attached hydrogens (tertiary/aromatic N) is 3. The molecule has 2 aliphatic rings. The highest BCUT2D eigenvalue weighted by Crippen LogP contribution is 2.35. The van der Waals surface area contributed by atoms with Crippen molar-refractivity contribution in [3.63, 3.8) is 0 Å². The van der Waals surface area contributed by atoms with Crippen molar-refractivity contribution in [3.05, 3.63) is 64.1 Å². The Hall–Kier alpha value is -3.75. The summed E-state index contributed by atoms with van der Waals surface area (Å²) < 4.78 is 1.43. The Bertz CT molecular complexity index is 1280. The number of hydrogen-bond donors (Lipinski definition) is 3. The van der Waals surface area contributed by atoms with Crippen LogP contribution in [0.3, 0.4) is 0 Å². The van der Waals surface area contributed by atoms with Crippen LogP contribution in [0.4, 0.5) is 0 Å². The number of benzene rings is 1. The Morgan fingerprint density at radius 1 is 1.06 bits per heavy atom. The van der Waals surface area contributed by atoms with Gasteiger partial charge in [-0.3, -0.25) is 9.59 Å². The van der Waals surface area contributed by atoms with Crippen LogP contribution in [0.1, 0.15) is 86.2 Å².